The number of carbonyl (C=O) groups excluding carboxylic acids is 3. The predicted molar refractivity (Wildman–Crippen MR) is 127 cm³/mol. The number of amides is 2. The first-order valence-corrected chi connectivity index (χ1v) is 11.8. The van der Waals surface area contributed by atoms with Crippen LogP contribution in [0.1, 0.15) is 26.3 Å². The molecule has 0 aliphatic carbocycles. The number of hydrogen-bond donors (Lipinski definition) is 3. The second kappa shape index (κ2) is 11.2. The van der Waals surface area contributed by atoms with Crippen LogP contribution in [0.25, 0.3) is 0 Å². The number of carbonyl (C=O) groups is 3. The number of rotatable bonds is 8. The van der Waals surface area contributed by atoms with Crippen LogP contribution in [0, 0.1) is 6.92 Å². The zero-order valence-electron chi connectivity index (χ0n) is 18.9. The van der Waals surface area contributed by atoms with Crippen molar-refractivity contribution in [1.29, 1.82) is 0 Å². The summed E-state index contributed by atoms with van der Waals surface area (Å²) in [5.74, 6) is -2.26. The molecule has 0 aliphatic rings. The molecule has 0 saturated heterocycles. The molecular formula is C24H23N3O7S. The van der Waals surface area contributed by atoms with Crippen LogP contribution in [0.2, 0.25) is 0 Å². The first-order chi connectivity index (χ1) is 16.7. The van der Waals surface area contributed by atoms with Crippen molar-refractivity contribution in [3.63, 3.8) is 0 Å². The number of nitrogens with one attached hydrogen (secondary N) is 3. The van der Waals surface area contributed by atoms with E-state index in [-0.39, 0.29) is 16.2 Å². The van der Waals surface area contributed by atoms with E-state index >= 15 is 0 Å². The van der Waals surface area contributed by atoms with Crippen molar-refractivity contribution in [1.82, 2.24) is 10.9 Å². The molecule has 0 aliphatic heterocycles. The number of benzene rings is 3. The summed E-state index contributed by atoms with van der Waals surface area (Å²) in [6.45, 7) is 1.16. The zero-order valence-corrected chi connectivity index (χ0v) is 19.7. The molecular weight excluding hydrogens is 474 g/mol. The second-order valence-electron chi connectivity index (χ2n) is 7.28. The summed E-state index contributed by atoms with van der Waals surface area (Å²) in [6, 6.07) is 18.6. The van der Waals surface area contributed by atoms with Gasteiger partial charge in [0.25, 0.3) is 21.8 Å². The maximum atomic E-state index is 12.9. The highest BCUT2D eigenvalue weighted by atomic mass is 32.2. The highest BCUT2D eigenvalue weighted by Gasteiger charge is 2.23. The third-order valence-corrected chi connectivity index (χ3v) is 6.08. The van der Waals surface area contributed by atoms with Crippen molar-refractivity contribution >= 4 is 33.5 Å². The van der Waals surface area contributed by atoms with Crippen LogP contribution in [0.5, 0.6) is 5.75 Å². The van der Waals surface area contributed by atoms with Gasteiger partial charge >= 0.3 is 5.97 Å². The van der Waals surface area contributed by atoms with E-state index in [4.69, 9.17) is 9.47 Å². The van der Waals surface area contributed by atoms with Gasteiger partial charge in [0.1, 0.15) is 10.6 Å². The lowest BCUT2D eigenvalue weighted by Gasteiger charge is -2.13. The topological polar surface area (TPSA) is 140 Å². The number of hydrazine groups is 1. The average molecular weight is 498 g/mol. The van der Waals surface area contributed by atoms with Crippen molar-refractivity contribution in [2.45, 2.75) is 11.8 Å². The van der Waals surface area contributed by atoms with Crippen LogP contribution in [0.3, 0.4) is 0 Å². The molecule has 35 heavy (non-hydrogen) atoms. The molecule has 0 unspecified atom stereocenters. The van der Waals surface area contributed by atoms with Crippen LogP contribution < -0.4 is 20.3 Å². The van der Waals surface area contributed by atoms with E-state index in [9.17, 15) is 22.8 Å². The summed E-state index contributed by atoms with van der Waals surface area (Å²) in [6.07, 6.45) is 0. The van der Waals surface area contributed by atoms with Crippen molar-refractivity contribution in [2.24, 2.45) is 0 Å². The molecule has 0 heterocycles. The largest absolute Gasteiger partial charge is 0.495 e. The number of methoxy groups -OCH3 is 1. The molecule has 3 aromatic rings. The normalized spacial score (nSPS) is 10.7. The lowest BCUT2D eigenvalue weighted by molar-refractivity contribution is -0.125. The van der Waals surface area contributed by atoms with Crippen molar-refractivity contribution < 1.29 is 32.3 Å². The Bertz CT molecular complexity index is 1320. The van der Waals surface area contributed by atoms with Crippen molar-refractivity contribution in [3.05, 3.63) is 89.5 Å². The standard InChI is InChI=1S/C24H23N3O7S/c1-16-8-11-19(12-9-16)27-35(31,32)21-14-18(10-13-20(21)33-2)24(30)34-15-22(28)25-26-23(29)17-6-4-3-5-7-17/h3-14,27H,15H2,1-2H3,(H,25,28)(H,26,29). The smallest absolute Gasteiger partial charge is 0.338 e. The molecule has 0 radical (unpaired) electrons. The number of anilines is 1. The molecule has 0 saturated carbocycles. The van der Waals surface area contributed by atoms with E-state index in [0.717, 1.165) is 11.6 Å². The highest BCUT2D eigenvalue weighted by molar-refractivity contribution is 7.92. The van der Waals surface area contributed by atoms with Crippen LogP contribution in [0.4, 0.5) is 5.69 Å². The third kappa shape index (κ3) is 6.81. The molecule has 0 aromatic heterocycles. The van der Waals surface area contributed by atoms with Crippen LogP contribution in [-0.2, 0) is 19.6 Å². The Morgan fingerprint density at radius 3 is 2.20 bits per heavy atom. The Labute approximate surface area is 202 Å². The maximum Gasteiger partial charge on any atom is 0.338 e. The van der Waals surface area contributed by atoms with E-state index in [0.29, 0.717) is 11.3 Å². The fourth-order valence-electron chi connectivity index (χ4n) is 2.88. The minimum absolute atomic E-state index is 0.0162. The summed E-state index contributed by atoms with van der Waals surface area (Å²) in [5.41, 5.74) is 5.84. The van der Waals surface area contributed by atoms with Gasteiger partial charge in [0.2, 0.25) is 0 Å². The van der Waals surface area contributed by atoms with Gasteiger partial charge in [-0.1, -0.05) is 35.9 Å². The fourth-order valence-corrected chi connectivity index (χ4v) is 4.14. The van der Waals surface area contributed by atoms with Gasteiger partial charge in [0.15, 0.2) is 6.61 Å². The molecule has 0 spiro atoms. The van der Waals surface area contributed by atoms with Crippen molar-refractivity contribution in [3.8, 4) is 5.75 Å². The van der Waals surface area contributed by atoms with Crippen LogP contribution in [-0.4, -0.2) is 39.9 Å². The van der Waals surface area contributed by atoms with Crippen LogP contribution >= 0.6 is 0 Å². The van der Waals surface area contributed by atoms with Gasteiger partial charge in [0.05, 0.1) is 12.7 Å². The summed E-state index contributed by atoms with van der Waals surface area (Å²) in [5, 5.41) is 0. The van der Waals surface area contributed by atoms with Gasteiger partial charge in [-0.05, 0) is 49.4 Å². The van der Waals surface area contributed by atoms with Crippen LogP contribution in [0.15, 0.2) is 77.7 Å². The lowest BCUT2D eigenvalue weighted by Crippen LogP contribution is -2.43. The summed E-state index contributed by atoms with van der Waals surface area (Å²) in [4.78, 5) is 36.0. The number of hydrogen-bond acceptors (Lipinski definition) is 7. The monoisotopic (exact) mass is 497 g/mol. The Hall–Kier alpha value is -4.38. The molecule has 2 amide bonds. The van der Waals surface area contributed by atoms with Gasteiger partial charge < -0.3 is 9.47 Å². The molecule has 0 fully saturated rings. The first-order valence-electron chi connectivity index (χ1n) is 10.3. The molecule has 0 bridgehead atoms. The van der Waals surface area contributed by atoms with E-state index in [1.54, 1.807) is 54.6 Å². The van der Waals surface area contributed by atoms with E-state index in [2.05, 4.69) is 15.6 Å². The minimum atomic E-state index is -4.11. The Kier molecular flexibility index (Phi) is 8.05. The van der Waals surface area contributed by atoms with Gasteiger partial charge in [-0.25, -0.2) is 13.2 Å². The zero-order chi connectivity index (χ0) is 25.4. The SMILES string of the molecule is COc1ccc(C(=O)OCC(=O)NNC(=O)c2ccccc2)cc1S(=O)(=O)Nc1ccc(C)cc1. The molecule has 3 N–H and O–H groups in total. The Morgan fingerprint density at radius 2 is 1.54 bits per heavy atom. The number of ether oxygens (including phenoxy) is 2. The lowest BCUT2D eigenvalue weighted by atomic mass is 10.2. The quantitative estimate of drug-likeness (QED) is 0.321. The number of sulfonamides is 1. The maximum absolute atomic E-state index is 12.9. The van der Waals surface area contributed by atoms with E-state index in [1.165, 1.54) is 19.2 Å². The van der Waals surface area contributed by atoms with Gasteiger partial charge in [0, 0.05) is 11.3 Å². The molecule has 10 nitrogen and oxygen atoms in total. The van der Waals surface area contributed by atoms with Gasteiger partial charge in [-0.15, -0.1) is 0 Å². The van der Waals surface area contributed by atoms with E-state index in [1.807, 2.05) is 6.92 Å². The van der Waals surface area contributed by atoms with E-state index < -0.39 is 34.4 Å². The summed E-state index contributed by atoms with van der Waals surface area (Å²) >= 11 is 0. The molecule has 3 aromatic carbocycles. The van der Waals surface area contributed by atoms with Gasteiger partial charge in [-0.2, -0.15) is 0 Å². The average Bonchev–Trinajstić information content (AvgIpc) is 2.87. The number of esters is 1. The Balaban J connectivity index is 1.64. The fraction of sp³-hybridized carbons (Fsp3) is 0.125. The first kappa shape index (κ1) is 25.2. The minimum Gasteiger partial charge on any atom is -0.495 e. The molecule has 3 rings (SSSR count). The van der Waals surface area contributed by atoms with Crippen molar-refractivity contribution in [2.75, 3.05) is 18.4 Å². The number of aryl methyl sites for hydroxylation is 1. The third-order valence-electron chi connectivity index (χ3n) is 4.68. The Morgan fingerprint density at radius 1 is 0.857 bits per heavy atom. The molecule has 0 atom stereocenters. The predicted octanol–water partition coefficient (Wildman–Crippen LogP) is 2.42. The molecule has 182 valence electrons. The summed E-state index contributed by atoms with van der Waals surface area (Å²) in [7, 11) is -2.81. The molecule has 11 heteroatoms. The van der Waals surface area contributed by atoms with Gasteiger partial charge in [-0.3, -0.25) is 25.2 Å². The highest BCUT2D eigenvalue weighted by Crippen LogP contribution is 2.27. The summed E-state index contributed by atoms with van der Waals surface area (Å²) < 4.78 is 38.4. The second-order valence-corrected chi connectivity index (χ2v) is 8.93.